The zero-order valence-corrected chi connectivity index (χ0v) is 12.3. The highest BCUT2D eigenvalue weighted by Crippen LogP contribution is 2.38. The Bertz CT molecular complexity index is 521. The smallest absolute Gasteiger partial charge is 0.0794 e. The van der Waals surface area contributed by atoms with Crippen LogP contribution in [0.4, 0.5) is 0 Å². The number of ether oxygens (including phenoxy) is 1. The highest BCUT2D eigenvalue weighted by Gasteiger charge is 2.40. The molecule has 2 heterocycles. The van der Waals surface area contributed by atoms with Gasteiger partial charge in [0.1, 0.15) is 0 Å². The molecular formula is C16H20N2OS. The van der Waals surface area contributed by atoms with Gasteiger partial charge < -0.3 is 10.5 Å². The van der Waals surface area contributed by atoms with Gasteiger partial charge in [0.15, 0.2) is 0 Å². The van der Waals surface area contributed by atoms with Gasteiger partial charge in [0, 0.05) is 35.7 Å². The lowest BCUT2D eigenvalue weighted by molar-refractivity contribution is 0.0401. The van der Waals surface area contributed by atoms with Crippen LogP contribution < -0.4 is 5.73 Å². The third-order valence-corrected chi connectivity index (χ3v) is 5.15. The van der Waals surface area contributed by atoms with Crippen LogP contribution in [0.15, 0.2) is 42.0 Å². The average Bonchev–Trinajstić information content (AvgIpc) is 3.02. The van der Waals surface area contributed by atoms with Gasteiger partial charge in [0.25, 0.3) is 0 Å². The first kappa shape index (κ1) is 13.7. The van der Waals surface area contributed by atoms with Crippen LogP contribution in [0.25, 0.3) is 0 Å². The van der Waals surface area contributed by atoms with Gasteiger partial charge in [-0.2, -0.15) is 0 Å². The molecule has 0 amide bonds. The molecule has 2 N–H and O–H groups in total. The molecule has 1 atom stereocenters. The molecule has 1 aliphatic heterocycles. The molecule has 0 saturated carbocycles. The van der Waals surface area contributed by atoms with E-state index in [0.29, 0.717) is 0 Å². The highest BCUT2D eigenvalue weighted by atomic mass is 32.1. The van der Waals surface area contributed by atoms with Crippen LogP contribution in [0, 0.1) is 0 Å². The van der Waals surface area contributed by atoms with Crippen molar-refractivity contribution < 1.29 is 4.74 Å². The summed E-state index contributed by atoms with van der Waals surface area (Å²) < 4.78 is 5.57. The molecule has 106 valence electrons. The largest absolute Gasteiger partial charge is 0.381 e. The van der Waals surface area contributed by atoms with Crippen molar-refractivity contribution in [3.63, 3.8) is 0 Å². The van der Waals surface area contributed by atoms with Gasteiger partial charge in [-0.3, -0.25) is 4.98 Å². The number of rotatable bonds is 4. The summed E-state index contributed by atoms with van der Waals surface area (Å²) in [5.74, 6) is 0. The lowest BCUT2D eigenvalue weighted by atomic mass is 9.68. The predicted molar refractivity (Wildman–Crippen MR) is 82.0 cm³/mol. The Morgan fingerprint density at radius 1 is 1.25 bits per heavy atom. The molecule has 1 aliphatic rings. The van der Waals surface area contributed by atoms with E-state index in [1.165, 1.54) is 10.4 Å². The third kappa shape index (κ3) is 2.64. The Morgan fingerprint density at radius 2 is 2.00 bits per heavy atom. The third-order valence-electron chi connectivity index (χ3n) is 4.35. The maximum absolute atomic E-state index is 6.63. The van der Waals surface area contributed by atoms with E-state index in [-0.39, 0.29) is 11.5 Å². The van der Waals surface area contributed by atoms with Gasteiger partial charge in [-0.05, 0) is 24.8 Å². The molecule has 0 bridgehead atoms. The van der Waals surface area contributed by atoms with Crippen molar-refractivity contribution in [2.75, 3.05) is 13.2 Å². The molecule has 3 rings (SSSR count). The quantitative estimate of drug-likeness (QED) is 0.941. The molecule has 20 heavy (non-hydrogen) atoms. The van der Waals surface area contributed by atoms with Gasteiger partial charge in [-0.1, -0.05) is 30.3 Å². The average molecular weight is 288 g/mol. The van der Waals surface area contributed by atoms with Gasteiger partial charge in [0.2, 0.25) is 0 Å². The molecule has 1 saturated heterocycles. The Kier molecular flexibility index (Phi) is 4.15. The fourth-order valence-electron chi connectivity index (χ4n) is 3.13. The summed E-state index contributed by atoms with van der Waals surface area (Å²) in [7, 11) is 0. The molecule has 1 unspecified atom stereocenters. The Balaban J connectivity index is 1.89. The van der Waals surface area contributed by atoms with Gasteiger partial charge in [-0.25, -0.2) is 0 Å². The predicted octanol–water partition coefficient (Wildman–Crippen LogP) is 2.76. The summed E-state index contributed by atoms with van der Waals surface area (Å²) >= 11 is 1.69. The molecule has 4 heteroatoms. The van der Waals surface area contributed by atoms with Crippen molar-refractivity contribution in [3.8, 4) is 0 Å². The van der Waals surface area contributed by atoms with E-state index < -0.39 is 0 Å². The van der Waals surface area contributed by atoms with Crippen LogP contribution >= 0.6 is 11.3 Å². The van der Waals surface area contributed by atoms with Crippen molar-refractivity contribution in [2.45, 2.75) is 30.7 Å². The summed E-state index contributed by atoms with van der Waals surface area (Å²) in [6.45, 7) is 1.59. The second kappa shape index (κ2) is 6.04. The zero-order chi connectivity index (χ0) is 13.8. The van der Waals surface area contributed by atoms with Crippen LogP contribution in [-0.4, -0.2) is 24.2 Å². The van der Waals surface area contributed by atoms with Crippen molar-refractivity contribution in [3.05, 3.63) is 52.5 Å². The number of nitrogens with two attached hydrogens (primary N) is 1. The molecule has 2 aromatic rings. The lowest BCUT2D eigenvalue weighted by Crippen LogP contribution is -2.50. The number of aromatic nitrogens is 1. The van der Waals surface area contributed by atoms with E-state index in [0.717, 1.165) is 32.5 Å². The topological polar surface area (TPSA) is 48.1 Å². The molecular weight excluding hydrogens is 268 g/mol. The van der Waals surface area contributed by atoms with Gasteiger partial charge >= 0.3 is 0 Å². The first-order valence-corrected chi connectivity index (χ1v) is 7.95. The van der Waals surface area contributed by atoms with Crippen molar-refractivity contribution in [1.29, 1.82) is 0 Å². The Morgan fingerprint density at radius 3 is 2.65 bits per heavy atom. The first-order chi connectivity index (χ1) is 9.81. The Hall–Kier alpha value is -1.23. The summed E-state index contributed by atoms with van der Waals surface area (Å²) in [4.78, 5) is 5.42. The summed E-state index contributed by atoms with van der Waals surface area (Å²) in [6, 6.07) is 10.8. The van der Waals surface area contributed by atoms with Gasteiger partial charge in [0.05, 0.1) is 5.51 Å². The summed E-state index contributed by atoms with van der Waals surface area (Å²) in [5.41, 5.74) is 9.88. The van der Waals surface area contributed by atoms with Crippen molar-refractivity contribution in [2.24, 2.45) is 5.73 Å². The van der Waals surface area contributed by atoms with Crippen LogP contribution in [-0.2, 0) is 16.6 Å². The molecule has 1 aromatic carbocycles. The minimum atomic E-state index is 0.0312. The molecule has 0 aliphatic carbocycles. The maximum Gasteiger partial charge on any atom is 0.0794 e. The highest BCUT2D eigenvalue weighted by molar-refractivity contribution is 7.09. The van der Waals surface area contributed by atoms with E-state index in [1.54, 1.807) is 11.3 Å². The minimum absolute atomic E-state index is 0.0312. The number of thiazole rings is 1. The number of nitrogens with zero attached hydrogens (tertiary/aromatic N) is 1. The van der Waals surface area contributed by atoms with E-state index in [9.17, 15) is 0 Å². The summed E-state index contributed by atoms with van der Waals surface area (Å²) in [6.07, 6.45) is 4.82. The van der Waals surface area contributed by atoms with Crippen LogP contribution in [0.2, 0.25) is 0 Å². The van der Waals surface area contributed by atoms with Crippen LogP contribution in [0.3, 0.4) is 0 Å². The Labute approximate surface area is 123 Å². The second-order valence-electron chi connectivity index (χ2n) is 5.41. The first-order valence-electron chi connectivity index (χ1n) is 7.07. The normalized spacial score (nSPS) is 19.6. The molecule has 1 fully saturated rings. The summed E-state index contributed by atoms with van der Waals surface area (Å²) in [5, 5.41) is 0. The van der Waals surface area contributed by atoms with Crippen molar-refractivity contribution in [1.82, 2.24) is 4.98 Å². The SMILES string of the molecule is NC(Cc1cncs1)C1(c2ccccc2)CCOCC1. The number of hydrogen-bond donors (Lipinski definition) is 1. The maximum atomic E-state index is 6.63. The molecule has 0 spiro atoms. The van der Waals surface area contributed by atoms with Gasteiger partial charge in [-0.15, -0.1) is 11.3 Å². The van der Waals surface area contributed by atoms with Crippen molar-refractivity contribution >= 4 is 11.3 Å². The number of benzene rings is 1. The second-order valence-corrected chi connectivity index (χ2v) is 6.38. The van der Waals surface area contributed by atoms with Crippen LogP contribution in [0.5, 0.6) is 0 Å². The van der Waals surface area contributed by atoms with E-state index in [4.69, 9.17) is 10.5 Å². The number of hydrogen-bond acceptors (Lipinski definition) is 4. The lowest BCUT2D eigenvalue weighted by Gasteiger charge is -2.42. The standard InChI is InChI=1S/C16H20N2OS/c17-15(10-14-11-18-12-20-14)16(6-8-19-9-7-16)13-4-2-1-3-5-13/h1-5,11-12,15H,6-10,17H2. The minimum Gasteiger partial charge on any atom is -0.381 e. The molecule has 0 radical (unpaired) electrons. The van der Waals surface area contributed by atoms with E-state index in [2.05, 4.69) is 35.3 Å². The monoisotopic (exact) mass is 288 g/mol. The fourth-order valence-corrected chi connectivity index (χ4v) is 3.79. The van der Waals surface area contributed by atoms with E-state index in [1.807, 2.05) is 11.7 Å². The molecule has 1 aromatic heterocycles. The molecule has 3 nitrogen and oxygen atoms in total. The fraction of sp³-hybridized carbons (Fsp3) is 0.438. The van der Waals surface area contributed by atoms with Crippen LogP contribution in [0.1, 0.15) is 23.3 Å². The van der Waals surface area contributed by atoms with E-state index >= 15 is 0 Å². The zero-order valence-electron chi connectivity index (χ0n) is 11.5.